The van der Waals surface area contributed by atoms with Gasteiger partial charge in [-0.1, -0.05) is 26.2 Å². The molecule has 62 valence electrons. The van der Waals surface area contributed by atoms with E-state index >= 15 is 0 Å². The maximum atomic E-state index is 10.0. The zero-order valence-corrected chi connectivity index (χ0v) is 6.21. The summed E-state index contributed by atoms with van der Waals surface area (Å²) >= 11 is 0. The Morgan fingerprint density at radius 1 is 1.45 bits per heavy atom. The molecule has 0 radical (unpaired) electrons. The number of carbonyl (C=O) groups is 1. The van der Waals surface area contributed by atoms with E-state index in [-0.39, 0.29) is 29.6 Å². The van der Waals surface area contributed by atoms with Crippen LogP contribution in [0.3, 0.4) is 0 Å². The molecule has 0 aliphatic carbocycles. The Bertz CT molecular complexity index is 106. The summed E-state index contributed by atoms with van der Waals surface area (Å²) in [7, 11) is 0. The fourth-order valence-corrected chi connectivity index (χ4v) is 0.711. The minimum atomic E-state index is -1.16. The summed E-state index contributed by atoms with van der Waals surface area (Å²) in [5.74, 6) is -1.11. The van der Waals surface area contributed by atoms with Crippen molar-refractivity contribution in [3.05, 3.63) is 0 Å². The normalized spacial score (nSPS) is 11.8. The summed E-state index contributed by atoms with van der Waals surface area (Å²) in [6.07, 6.45) is 2.05. The monoisotopic (exact) mass is 170 g/mol. The molecule has 0 heterocycles. The van der Waals surface area contributed by atoms with E-state index in [1.54, 1.807) is 0 Å². The van der Waals surface area contributed by atoms with Crippen LogP contribution in [0.1, 0.15) is 32.6 Å². The number of rotatable bonds is 5. The Balaban J connectivity index is 0. The first-order chi connectivity index (χ1) is 4.68. The van der Waals surface area contributed by atoms with Crippen molar-refractivity contribution in [1.82, 2.24) is 0 Å². The molecule has 11 heavy (non-hydrogen) atoms. The molecule has 0 aromatic heterocycles. The van der Waals surface area contributed by atoms with Gasteiger partial charge in [0.05, 0.1) is 0 Å². The molecule has 3 nitrogen and oxygen atoms in total. The average Bonchev–Trinajstić information content (AvgIpc) is 1.88. The molecule has 0 saturated carbocycles. The van der Waals surface area contributed by atoms with Gasteiger partial charge < -0.3 is 10.2 Å². The van der Waals surface area contributed by atoms with E-state index in [1.165, 1.54) is 0 Å². The molecule has 0 bridgehead atoms. The fourth-order valence-electron chi connectivity index (χ4n) is 0.711. The van der Waals surface area contributed by atoms with Crippen molar-refractivity contribution in [1.29, 1.82) is 0 Å². The third kappa shape index (κ3) is 8.34. The first-order valence-corrected chi connectivity index (χ1v) is 3.59. The molecule has 0 aliphatic heterocycles. The molecule has 2 N–H and O–H groups in total. The molecule has 0 amide bonds. The summed E-state index contributed by atoms with van der Waals surface area (Å²) in [6.45, 7) is 2.03. The van der Waals surface area contributed by atoms with Crippen molar-refractivity contribution in [3.63, 3.8) is 0 Å². The van der Waals surface area contributed by atoms with E-state index in [9.17, 15) is 4.79 Å². The predicted molar refractivity (Wildman–Crippen MR) is 44.9 cm³/mol. The first kappa shape index (κ1) is 14.0. The van der Waals surface area contributed by atoms with Crippen LogP contribution in [0.2, 0.25) is 0 Å². The van der Waals surface area contributed by atoms with Crippen LogP contribution in [0.4, 0.5) is 0 Å². The van der Waals surface area contributed by atoms with Crippen molar-refractivity contribution >= 4 is 35.5 Å². The van der Waals surface area contributed by atoms with Gasteiger partial charge in [0.15, 0.2) is 6.10 Å². The van der Waals surface area contributed by atoms with Gasteiger partial charge in [-0.15, -0.1) is 0 Å². The van der Waals surface area contributed by atoms with Crippen LogP contribution in [-0.4, -0.2) is 51.8 Å². The van der Waals surface area contributed by atoms with Gasteiger partial charge in [-0.05, 0) is 6.42 Å². The average molecular weight is 170 g/mol. The number of carboxylic acid groups (broad SMARTS) is 1. The van der Waals surface area contributed by atoms with E-state index in [2.05, 4.69) is 0 Å². The van der Waals surface area contributed by atoms with Gasteiger partial charge in [-0.2, -0.15) is 0 Å². The van der Waals surface area contributed by atoms with Gasteiger partial charge in [0.1, 0.15) is 0 Å². The van der Waals surface area contributed by atoms with Crippen molar-refractivity contribution < 1.29 is 15.0 Å². The predicted octanol–water partition coefficient (Wildman–Crippen LogP) is 0.364. The summed E-state index contributed by atoms with van der Waals surface area (Å²) in [5.41, 5.74) is 0. The van der Waals surface area contributed by atoms with Crippen LogP contribution >= 0.6 is 0 Å². The molecule has 0 aliphatic rings. The molecule has 0 spiro atoms. The standard InChI is InChI=1S/C7H14O3.Na.H/c1-2-3-4-5-6(8)7(9)10;;/h6,8H,2-5H2,1H3,(H,9,10);;. The second-order valence-electron chi connectivity index (χ2n) is 2.35. The van der Waals surface area contributed by atoms with Gasteiger partial charge in [0, 0.05) is 0 Å². The zero-order chi connectivity index (χ0) is 7.98. The van der Waals surface area contributed by atoms with E-state index in [4.69, 9.17) is 10.2 Å². The summed E-state index contributed by atoms with van der Waals surface area (Å²) < 4.78 is 0. The number of carboxylic acids is 1. The van der Waals surface area contributed by atoms with Crippen LogP contribution in [0.25, 0.3) is 0 Å². The number of hydrogen-bond donors (Lipinski definition) is 2. The molecule has 1 unspecified atom stereocenters. The van der Waals surface area contributed by atoms with Crippen LogP contribution < -0.4 is 0 Å². The zero-order valence-electron chi connectivity index (χ0n) is 6.21. The molecular weight excluding hydrogens is 155 g/mol. The second-order valence-corrected chi connectivity index (χ2v) is 2.35. The van der Waals surface area contributed by atoms with E-state index in [0.29, 0.717) is 6.42 Å². The van der Waals surface area contributed by atoms with Gasteiger partial charge in [0.25, 0.3) is 0 Å². The molecule has 0 rings (SSSR count). The van der Waals surface area contributed by atoms with Gasteiger partial charge in [0.2, 0.25) is 0 Å². The Hall–Kier alpha value is 0.430. The molecule has 0 aromatic rings. The number of aliphatic hydroxyl groups is 1. The van der Waals surface area contributed by atoms with Crippen LogP contribution in [-0.2, 0) is 4.79 Å². The molecule has 4 heteroatoms. The number of hydrogen-bond acceptors (Lipinski definition) is 2. The van der Waals surface area contributed by atoms with E-state index in [1.807, 2.05) is 6.92 Å². The van der Waals surface area contributed by atoms with Crippen molar-refractivity contribution in [2.24, 2.45) is 0 Å². The Labute approximate surface area is 89.1 Å². The quantitative estimate of drug-likeness (QED) is 0.462. The minimum absolute atomic E-state index is 0. The van der Waals surface area contributed by atoms with Crippen molar-refractivity contribution in [2.45, 2.75) is 38.7 Å². The molecule has 0 fully saturated rings. The van der Waals surface area contributed by atoms with Gasteiger partial charge in [-0.25, -0.2) is 4.79 Å². The van der Waals surface area contributed by atoms with Crippen LogP contribution in [0, 0.1) is 0 Å². The van der Waals surface area contributed by atoms with Crippen molar-refractivity contribution in [2.75, 3.05) is 0 Å². The van der Waals surface area contributed by atoms with Crippen LogP contribution in [0.15, 0.2) is 0 Å². The molecule has 1 atom stereocenters. The second kappa shape index (κ2) is 8.53. The Morgan fingerprint density at radius 3 is 2.36 bits per heavy atom. The SMILES string of the molecule is CCCCCC(O)C(=O)O.[NaH]. The van der Waals surface area contributed by atoms with Crippen molar-refractivity contribution in [3.8, 4) is 0 Å². The molecular formula is C7H15NaO3. The summed E-state index contributed by atoms with van der Waals surface area (Å²) in [4.78, 5) is 10.0. The Kier molecular flexibility index (Phi) is 10.8. The first-order valence-electron chi connectivity index (χ1n) is 3.59. The fraction of sp³-hybridized carbons (Fsp3) is 0.857. The summed E-state index contributed by atoms with van der Waals surface area (Å²) in [5, 5.41) is 17.0. The van der Waals surface area contributed by atoms with Crippen LogP contribution in [0.5, 0.6) is 0 Å². The van der Waals surface area contributed by atoms with E-state index in [0.717, 1.165) is 19.3 Å². The van der Waals surface area contributed by atoms with Gasteiger partial charge >= 0.3 is 35.5 Å². The van der Waals surface area contributed by atoms with E-state index < -0.39 is 12.1 Å². The third-order valence-electron chi connectivity index (χ3n) is 1.37. The molecule has 0 saturated heterocycles. The number of aliphatic hydroxyl groups excluding tert-OH is 1. The number of aliphatic carboxylic acids is 1. The molecule has 0 aromatic carbocycles. The maximum absolute atomic E-state index is 10.0. The third-order valence-corrected chi connectivity index (χ3v) is 1.37. The number of unbranched alkanes of at least 4 members (excludes halogenated alkanes) is 2. The topological polar surface area (TPSA) is 57.5 Å². The van der Waals surface area contributed by atoms with Gasteiger partial charge in [-0.3, -0.25) is 0 Å². The summed E-state index contributed by atoms with van der Waals surface area (Å²) in [6, 6.07) is 0. The Morgan fingerprint density at radius 2 is 2.00 bits per heavy atom.